The van der Waals surface area contributed by atoms with Crippen LogP contribution in [0.5, 0.6) is 0 Å². The van der Waals surface area contributed by atoms with Crippen LogP contribution in [0, 0.1) is 17.3 Å². The van der Waals surface area contributed by atoms with E-state index in [0.717, 1.165) is 16.7 Å². The summed E-state index contributed by atoms with van der Waals surface area (Å²) in [6.45, 7) is 1.37. The number of anilines is 1. The van der Waals surface area contributed by atoms with Gasteiger partial charge in [-0.1, -0.05) is 30.7 Å². The van der Waals surface area contributed by atoms with Crippen molar-refractivity contribution in [2.24, 2.45) is 17.3 Å². The van der Waals surface area contributed by atoms with Crippen LogP contribution in [0.2, 0.25) is 0 Å². The highest BCUT2D eigenvalue weighted by Gasteiger charge is 2.79. The average molecular weight is 644 g/mol. The van der Waals surface area contributed by atoms with E-state index >= 15 is 8.78 Å². The second-order valence-corrected chi connectivity index (χ2v) is 13.1. The third kappa shape index (κ3) is 4.89. The minimum Gasteiger partial charge on any atom is -0.465 e. The van der Waals surface area contributed by atoms with Crippen molar-refractivity contribution in [1.82, 2.24) is 0 Å². The van der Waals surface area contributed by atoms with Gasteiger partial charge in [-0.25, -0.2) is 4.79 Å². The first-order valence-electron chi connectivity index (χ1n) is 15.3. The van der Waals surface area contributed by atoms with Crippen molar-refractivity contribution in [3.63, 3.8) is 0 Å². The predicted molar refractivity (Wildman–Crippen MR) is 158 cm³/mol. The summed E-state index contributed by atoms with van der Waals surface area (Å²) in [6, 6.07) is 12.6. The molecule has 2 unspecified atom stereocenters. The monoisotopic (exact) mass is 643 g/mol. The molecule has 0 aliphatic heterocycles. The third-order valence-electron chi connectivity index (χ3n) is 10.9. The van der Waals surface area contributed by atoms with Gasteiger partial charge in [-0.05, 0) is 103 Å². The van der Waals surface area contributed by atoms with Crippen molar-refractivity contribution in [2.75, 3.05) is 12.4 Å². The number of hydrogen-bond donors (Lipinski definition) is 2. The molecule has 0 saturated heterocycles. The molecule has 2 N–H and O–H groups in total. The maximum atomic E-state index is 15.2. The Morgan fingerprint density at radius 3 is 2.37 bits per heavy atom. The molecule has 0 bridgehead atoms. The quantitative estimate of drug-likeness (QED) is 0.259. The molecule has 46 heavy (non-hydrogen) atoms. The summed E-state index contributed by atoms with van der Waals surface area (Å²) in [4.78, 5) is 37.2. The molecule has 244 valence electrons. The van der Waals surface area contributed by atoms with Crippen LogP contribution in [0.1, 0.15) is 84.1 Å². The number of hydrogen-bond acceptors (Lipinski definition) is 5. The maximum absolute atomic E-state index is 15.2. The molecule has 4 aliphatic rings. The second-order valence-electron chi connectivity index (χ2n) is 13.1. The number of esters is 1. The molecular formula is C35H34F5NO5. The lowest BCUT2D eigenvalue weighted by atomic mass is 9.50. The van der Waals surface area contributed by atoms with Gasteiger partial charge in [0.1, 0.15) is 5.60 Å². The number of carbonyl (C=O) groups excluding carboxylic acids is 3. The van der Waals surface area contributed by atoms with Gasteiger partial charge in [-0.2, -0.15) is 22.0 Å². The van der Waals surface area contributed by atoms with Crippen molar-refractivity contribution in [1.29, 1.82) is 0 Å². The third-order valence-corrected chi connectivity index (χ3v) is 10.9. The SMILES string of the molecule is COC(=O)c1cccc(NC(=O)c2ccc([C@H]3C[C@@]4(C)C(CC[C@]4(O)C(F)(F)C(F)(F)F)C4CCC5=CC(=O)CCC5=C43)cc2)c1. The highest BCUT2D eigenvalue weighted by atomic mass is 19.4. The number of nitrogens with one attached hydrogen (secondary N) is 1. The zero-order chi connectivity index (χ0) is 33.2. The van der Waals surface area contributed by atoms with E-state index in [1.807, 2.05) is 0 Å². The fraction of sp³-hybridized carbons (Fsp3) is 0.457. The Kier molecular flexibility index (Phi) is 7.77. The van der Waals surface area contributed by atoms with Gasteiger partial charge in [0.2, 0.25) is 0 Å². The Balaban J connectivity index is 1.38. The van der Waals surface area contributed by atoms with Gasteiger partial charge in [-0.15, -0.1) is 0 Å². The summed E-state index contributed by atoms with van der Waals surface area (Å²) in [5.41, 5.74) is -0.775. The van der Waals surface area contributed by atoms with Crippen molar-refractivity contribution >= 4 is 23.3 Å². The van der Waals surface area contributed by atoms with Gasteiger partial charge >= 0.3 is 18.1 Å². The minimum atomic E-state index is -5.93. The standard InChI is InChI=1S/C35H34F5NO5/c1-32-18-27(19-6-8-20(9-7-19)30(43)41-23-5-3-4-22(16-23)31(44)46-2)29-25-13-11-24(42)17-21(25)10-12-26(29)28(32)14-15-33(32,45)34(36,37)35(38,39)40/h3-9,16-17,26-28,45H,10-15,18H2,1-2H3,(H,41,43)/t26?,27-,28?,32+,33-/m1/s1. The number of ether oxygens (including phenoxy) is 1. The first-order chi connectivity index (χ1) is 21.6. The first-order valence-corrected chi connectivity index (χ1v) is 15.3. The molecule has 1 amide bonds. The molecule has 2 aromatic carbocycles. The number of fused-ring (bicyclic) bond motifs is 4. The molecule has 2 aromatic rings. The molecule has 0 heterocycles. The van der Waals surface area contributed by atoms with Crippen molar-refractivity contribution in [2.45, 2.75) is 75.5 Å². The normalized spacial score (nSPS) is 29.3. The number of benzene rings is 2. The summed E-state index contributed by atoms with van der Waals surface area (Å²) < 4.78 is 76.6. The number of ketones is 1. The van der Waals surface area contributed by atoms with Crippen LogP contribution >= 0.6 is 0 Å². The van der Waals surface area contributed by atoms with E-state index in [1.54, 1.807) is 48.5 Å². The fourth-order valence-corrected chi connectivity index (χ4v) is 8.63. The van der Waals surface area contributed by atoms with Crippen molar-refractivity contribution in [3.8, 4) is 0 Å². The summed E-state index contributed by atoms with van der Waals surface area (Å²) in [5.74, 6) is -7.91. The number of aliphatic hydroxyl groups is 1. The van der Waals surface area contributed by atoms with Crippen LogP contribution < -0.4 is 5.32 Å². The molecule has 2 fully saturated rings. The molecule has 4 aliphatic carbocycles. The Bertz CT molecular complexity index is 1660. The number of amides is 1. The molecule has 11 heteroatoms. The number of alkyl halides is 5. The summed E-state index contributed by atoms with van der Waals surface area (Å²) in [5, 5.41) is 14.2. The van der Waals surface area contributed by atoms with Crippen molar-refractivity contribution in [3.05, 3.63) is 88.0 Å². The van der Waals surface area contributed by atoms with E-state index in [0.29, 0.717) is 30.5 Å². The van der Waals surface area contributed by atoms with Crippen LogP contribution in [0.3, 0.4) is 0 Å². The lowest BCUT2D eigenvalue weighted by molar-refractivity contribution is -0.362. The Morgan fingerprint density at radius 1 is 0.978 bits per heavy atom. The van der Waals surface area contributed by atoms with Crippen molar-refractivity contribution < 1.29 is 46.2 Å². The van der Waals surface area contributed by atoms with Gasteiger partial charge in [0, 0.05) is 29.0 Å². The lowest BCUT2D eigenvalue weighted by Gasteiger charge is -2.56. The Morgan fingerprint density at radius 2 is 1.70 bits per heavy atom. The molecular weight excluding hydrogens is 609 g/mol. The Labute approximate surface area is 262 Å². The topological polar surface area (TPSA) is 92.7 Å². The van der Waals surface area contributed by atoms with Crippen LogP contribution in [0.15, 0.2) is 71.3 Å². The highest BCUT2D eigenvalue weighted by molar-refractivity contribution is 6.05. The van der Waals surface area contributed by atoms with Gasteiger partial charge < -0.3 is 15.2 Å². The zero-order valence-electron chi connectivity index (χ0n) is 25.3. The molecule has 5 atom stereocenters. The molecule has 0 radical (unpaired) electrons. The van der Waals surface area contributed by atoms with E-state index in [1.165, 1.54) is 20.1 Å². The summed E-state index contributed by atoms with van der Waals surface area (Å²) >= 11 is 0. The molecule has 0 aromatic heterocycles. The largest absolute Gasteiger partial charge is 0.465 e. The molecule has 6 nitrogen and oxygen atoms in total. The fourth-order valence-electron chi connectivity index (χ4n) is 8.63. The van der Waals surface area contributed by atoms with E-state index in [9.17, 15) is 32.7 Å². The smallest absolute Gasteiger partial charge is 0.456 e. The number of methoxy groups -OCH3 is 1. The maximum Gasteiger partial charge on any atom is 0.456 e. The van der Waals surface area contributed by atoms with Gasteiger partial charge in [0.15, 0.2) is 5.78 Å². The zero-order valence-corrected chi connectivity index (χ0v) is 25.3. The highest BCUT2D eigenvalue weighted by Crippen LogP contribution is 2.70. The van der Waals surface area contributed by atoms with E-state index in [-0.39, 0.29) is 42.1 Å². The lowest BCUT2D eigenvalue weighted by Crippen LogP contribution is -2.65. The van der Waals surface area contributed by atoms with E-state index < -0.39 is 53.2 Å². The van der Waals surface area contributed by atoms with Crippen LogP contribution in [-0.4, -0.2) is 47.6 Å². The summed E-state index contributed by atoms with van der Waals surface area (Å²) in [6.07, 6.45) is -3.36. The molecule has 0 spiro atoms. The van der Waals surface area contributed by atoms with Crippen LogP contribution in [0.4, 0.5) is 27.6 Å². The predicted octanol–water partition coefficient (Wildman–Crippen LogP) is 7.55. The average Bonchev–Trinajstić information content (AvgIpc) is 3.30. The number of allylic oxidation sites excluding steroid dienone is 4. The Hall–Kier alpha value is -3.86. The van der Waals surface area contributed by atoms with Gasteiger partial charge in [-0.3, -0.25) is 9.59 Å². The van der Waals surface area contributed by atoms with Crippen LogP contribution in [0.25, 0.3) is 0 Å². The molecule has 2 saturated carbocycles. The first kappa shape index (κ1) is 32.1. The number of carbonyl (C=O) groups is 3. The summed E-state index contributed by atoms with van der Waals surface area (Å²) in [7, 11) is 1.24. The molecule has 6 rings (SSSR count). The van der Waals surface area contributed by atoms with E-state index in [4.69, 9.17) is 4.74 Å². The minimum absolute atomic E-state index is 0.00236. The van der Waals surface area contributed by atoms with Gasteiger partial charge in [0.05, 0.1) is 12.7 Å². The second kappa shape index (κ2) is 11.1. The van der Waals surface area contributed by atoms with Crippen LogP contribution in [-0.2, 0) is 9.53 Å². The van der Waals surface area contributed by atoms with E-state index in [2.05, 4.69) is 5.32 Å². The number of rotatable bonds is 5. The van der Waals surface area contributed by atoms with Gasteiger partial charge in [0.25, 0.3) is 5.91 Å². The number of halogens is 5.